The van der Waals surface area contributed by atoms with Crippen LogP contribution in [-0.4, -0.2) is 61.6 Å². The largest absolute Gasteiger partial charge is 0.480 e. The van der Waals surface area contributed by atoms with Gasteiger partial charge >= 0.3 is 12.0 Å². The van der Waals surface area contributed by atoms with Gasteiger partial charge in [-0.3, -0.25) is 0 Å². The van der Waals surface area contributed by atoms with Gasteiger partial charge in [-0.05, 0) is 31.6 Å². The molecule has 1 rings (SSSR count). The Labute approximate surface area is 125 Å². The molecule has 2 atom stereocenters. The number of hydrogen-bond acceptors (Lipinski definition) is 4. The van der Waals surface area contributed by atoms with Crippen LogP contribution in [0.5, 0.6) is 0 Å². The van der Waals surface area contributed by atoms with E-state index in [0.29, 0.717) is 19.0 Å². The number of carboxylic acids is 1. The number of sulfone groups is 1. The molecule has 8 heteroatoms. The van der Waals surface area contributed by atoms with Gasteiger partial charge in [-0.25, -0.2) is 18.0 Å². The maximum atomic E-state index is 12.1. The molecule has 7 nitrogen and oxygen atoms in total. The van der Waals surface area contributed by atoms with Crippen LogP contribution in [0.4, 0.5) is 4.79 Å². The number of nitrogens with zero attached hydrogens (tertiary/aromatic N) is 1. The second-order valence-electron chi connectivity index (χ2n) is 5.78. The predicted octanol–water partition coefficient (Wildman–Crippen LogP) is 0.706. The molecule has 122 valence electrons. The van der Waals surface area contributed by atoms with Crippen LogP contribution < -0.4 is 5.32 Å². The first-order valence-electron chi connectivity index (χ1n) is 7.15. The van der Waals surface area contributed by atoms with E-state index in [4.69, 9.17) is 5.11 Å². The van der Waals surface area contributed by atoms with Crippen molar-refractivity contribution in [2.75, 3.05) is 25.1 Å². The van der Waals surface area contributed by atoms with Crippen molar-refractivity contribution in [3.8, 4) is 0 Å². The maximum absolute atomic E-state index is 12.1. The fourth-order valence-electron chi connectivity index (χ4n) is 2.30. The molecule has 2 unspecified atom stereocenters. The molecule has 0 radical (unpaired) electrons. The van der Waals surface area contributed by atoms with E-state index in [2.05, 4.69) is 12.2 Å². The minimum absolute atomic E-state index is 0.121. The van der Waals surface area contributed by atoms with Gasteiger partial charge in [0.15, 0.2) is 0 Å². The molecule has 0 aromatic heterocycles. The third-order valence-electron chi connectivity index (χ3n) is 3.68. The molecule has 21 heavy (non-hydrogen) atoms. The van der Waals surface area contributed by atoms with Gasteiger partial charge in [-0.2, -0.15) is 0 Å². The maximum Gasteiger partial charge on any atom is 0.326 e. The first-order valence-corrected chi connectivity index (χ1v) is 9.21. The number of aliphatic carboxylic acids is 1. The molecule has 1 saturated heterocycles. The number of urea groups is 1. The molecule has 0 aliphatic carbocycles. The minimum Gasteiger partial charge on any atom is -0.480 e. The van der Waals surface area contributed by atoms with E-state index in [-0.39, 0.29) is 12.2 Å². The molecule has 1 fully saturated rings. The minimum atomic E-state index is -3.25. The van der Waals surface area contributed by atoms with Crippen molar-refractivity contribution in [1.82, 2.24) is 10.2 Å². The van der Waals surface area contributed by atoms with Gasteiger partial charge in [-0.1, -0.05) is 6.92 Å². The first kappa shape index (κ1) is 17.7. The van der Waals surface area contributed by atoms with Crippen LogP contribution in [0.2, 0.25) is 0 Å². The van der Waals surface area contributed by atoms with Crippen LogP contribution in [0.1, 0.15) is 32.6 Å². The van der Waals surface area contributed by atoms with Crippen LogP contribution in [0.15, 0.2) is 0 Å². The topological polar surface area (TPSA) is 104 Å². The van der Waals surface area contributed by atoms with Crippen LogP contribution in [-0.2, 0) is 14.6 Å². The zero-order chi connectivity index (χ0) is 16.0. The molecule has 0 saturated carbocycles. The summed E-state index contributed by atoms with van der Waals surface area (Å²) in [6.45, 7) is 3.34. The van der Waals surface area contributed by atoms with E-state index in [9.17, 15) is 18.0 Å². The van der Waals surface area contributed by atoms with E-state index in [0.717, 1.165) is 25.5 Å². The summed E-state index contributed by atoms with van der Waals surface area (Å²) in [6, 6.07) is -1.60. The van der Waals surface area contributed by atoms with Crippen molar-refractivity contribution in [2.24, 2.45) is 5.92 Å². The van der Waals surface area contributed by atoms with Gasteiger partial charge in [-0.15, -0.1) is 0 Å². The second-order valence-corrected chi connectivity index (χ2v) is 8.04. The fourth-order valence-corrected chi connectivity index (χ4v) is 2.96. The summed E-state index contributed by atoms with van der Waals surface area (Å²) in [4.78, 5) is 24.8. The number of amides is 2. The van der Waals surface area contributed by atoms with Gasteiger partial charge in [0.2, 0.25) is 0 Å². The predicted molar refractivity (Wildman–Crippen MR) is 78.9 cm³/mol. The zero-order valence-electron chi connectivity index (χ0n) is 12.5. The summed E-state index contributed by atoms with van der Waals surface area (Å²) in [5, 5.41) is 11.5. The lowest BCUT2D eigenvalue weighted by Crippen LogP contribution is -2.48. The molecule has 2 N–H and O–H groups in total. The van der Waals surface area contributed by atoms with Crippen LogP contribution in [0, 0.1) is 5.92 Å². The second kappa shape index (κ2) is 7.63. The summed E-state index contributed by atoms with van der Waals surface area (Å²) < 4.78 is 22.2. The molecule has 2 amide bonds. The Morgan fingerprint density at radius 2 is 2.00 bits per heavy atom. The Morgan fingerprint density at radius 3 is 2.57 bits per heavy atom. The normalized spacial score (nSPS) is 21.4. The molecule has 1 heterocycles. The molecule has 0 bridgehead atoms. The van der Waals surface area contributed by atoms with Crippen molar-refractivity contribution in [3.63, 3.8) is 0 Å². The quantitative estimate of drug-likeness (QED) is 0.776. The zero-order valence-corrected chi connectivity index (χ0v) is 13.4. The number of carbonyl (C=O) groups is 2. The number of nitrogens with one attached hydrogen (secondary N) is 1. The number of carboxylic acid groups (broad SMARTS) is 1. The third-order valence-corrected chi connectivity index (χ3v) is 4.65. The summed E-state index contributed by atoms with van der Waals surface area (Å²) in [5.74, 6) is -0.917. The highest BCUT2D eigenvalue weighted by atomic mass is 32.2. The summed E-state index contributed by atoms with van der Waals surface area (Å²) in [6.07, 6.45) is 3.78. The summed E-state index contributed by atoms with van der Waals surface area (Å²) in [7, 11) is -3.25. The Balaban J connectivity index is 2.57. The molecular formula is C13H24N2O5S. The van der Waals surface area contributed by atoms with E-state index >= 15 is 0 Å². The first-order chi connectivity index (χ1) is 9.69. The molecule has 0 spiro atoms. The fraction of sp³-hybridized carbons (Fsp3) is 0.846. The average Bonchev–Trinajstić information content (AvgIpc) is 2.57. The van der Waals surface area contributed by atoms with Gasteiger partial charge in [0.25, 0.3) is 0 Å². The van der Waals surface area contributed by atoms with Crippen molar-refractivity contribution in [3.05, 3.63) is 0 Å². The highest BCUT2D eigenvalue weighted by Crippen LogP contribution is 2.16. The van der Waals surface area contributed by atoms with Crippen molar-refractivity contribution < 1.29 is 23.1 Å². The highest BCUT2D eigenvalue weighted by molar-refractivity contribution is 7.90. The smallest absolute Gasteiger partial charge is 0.326 e. The van der Waals surface area contributed by atoms with Gasteiger partial charge in [0.05, 0.1) is 5.75 Å². The van der Waals surface area contributed by atoms with Gasteiger partial charge in [0.1, 0.15) is 15.9 Å². The lowest BCUT2D eigenvalue weighted by Gasteiger charge is -2.23. The lowest BCUT2D eigenvalue weighted by molar-refractivity contribution is -0.139. The van der Waals surface area contributed by atoms with Crippen molar-refractivity contribution >= 4 is 21.8 Å². The molecule has 1 aliphatic heterocycles. The van der Waals surface area contributed by atoms with E-state index in [1.165, 1.54) is 0 Å². The molecule has 1 aliphatic rings. The van der Waals surface area contributed by atoms with Crippen molar-refractivity contribution in [2.45, 2.75) is 38.6 Å². The Morgan fingerprint density at radius 1 is 1.33 bits per heavy atom. The standard InChI is InChI=1S/C13H24N2O5S/c1-10-4-3-7-15(8-5-10)13(18)14-11(12(16)17)6-9-21(2,19)20/h10-11H,3-9H2,1-2H3,(H,14,18)(H,16,17). The Kier molecular flexibility index (Phi) is 6.44. The van der Waals surface area contributed by atoms with E-state index in [1.807, 2.05) is 0 Å². The average molecular weight is 320 g/mol. The van der Waals surface area contributed by atoms with Crippen LogP contribution >= 0.6 is 0 Å². The highest BCUT2D eigenvalue weighted by Gasteiger charge is 2.25. The van der Waals surface area contributed by atoms with Gasteiger partial charge in [0, 0.05) is 19.3 Å². The Hall–Kier alpha value is -1.31. The van der Waals surface area contributed by atoms with E-state index < -0.39 is 27.9 Å². The number of rotatable bonds is 5. The van der Waals surface area contributed by atoms with E-state index in [1.54, 1.807) is 4.90 Å². The van der Waals surface area contributed by atoms with Crippen molar-refractivity contribution in [1.29, 1.82) is 0 Å². The van der Waals surface area contributed by atoms with Crippen LogP contribution in [0.25, 0.3) is 0 Å². The monoisotopic (exact) mass is 320 g/mol. The molecule has 0 aromatic rings. The number of carbonyl (C=O) groups excluding carboxylic acids is 1. The van der Waals surface area contributed by atoms with Gasteiger partial charge < -0.3 is 15.3 Å². The SMILES string of the molecule is CC1CCCN(C(=O)NC(CCS(C)(=O)=O)C(=O)O)CC1. The molecular weight excluding hydrogens is 296 g/mol. The Bertz CT molecular complexity index is 477. The lowest BCUT2D eigenvalue weighted by atomic mass is 10.0. The number of likely N-dealkylation sites (tertiary alicyclic amines) is 1. The number of hydrogen-bond donors (Lipinski definition) is 2. The summed E-state index contributed by atoms with van der Waals surface area (Å²) >= 11 is 0. The molecule has 0 aromatic carbocycles. The van der Waals surface area contributed by atoms with Crippen LogP contribution in [0.3, 0.4) is 0 Å². The third kappa shape index (κ3) is 6.79. The summed E-state index contributed by atoms with van der Waals surface area (Å²) in [5.41, 5.74) is 0.